The second kappa shape index (κ2) is 7.11. The van der Waals surface area contributed by atoms with Gasteiger partial charge in [-0.1, -0.05) is 0 Å². The predicted octanol–water partition coefficient (Wildman–Crippen LogP) is 4.24. The van der Waals surface area contributed by atoms with Crippen molar-refractivity contribution in [2.75, 3.05) is 11.4 Å². The molecule has 2 aliphatic rings. The first-order chi connectivity index (χ1) is 14.8. The number of aromatic nitrogens is 3. The first-order valence-corrected chi connectivity index (χ1v) is 10.5. The molecule has 1 fully saturated rings. The van der Waals surface area contributed by atoms with Crippen molar-refractivity contribution in [3.05, 3.63) is 77.3 Å². The zero-order valence-corrected chi connectivity index (χ0v) is 17.8. The molecule has 0 radical (unpaired) electrons. The van der Waals surface area contributed by atoms with Gasteiger partial charge in [-0.2, -0.15) is 0 Å². The van der Waals surface area contributed by atoms with Crippen LogP contribution in [0.1, 0.15) is 53.8 Å². The number of carbonyl (C=O) groups is 1. The predicted molar refractivity (Wildman–Crippen MR) is 116 cm³/mol. The number of benzene rings is 1. The number of aryl methyl sites for hydroxylation is 1. The van der Waals surface area contributed by atoms with Gasteiger partial charge in [0.2, 0.25) is 0 Å². The second-order valence-electron chi connectivity index (χ2n) is 8.86. The van der Waals surface area contributed by atoms with E-state index in [4.69, 9.17) is 4.98 Å². The van der Waals surface area contributed by atoms with E-state index in [0.29, 0.717) is 17.4 Å². The normalized spacial score (nSPS) is 19.4. The third-order valence-corrected chi connectivity index (χ3v) is 6.09. The largest absolute Gasteiger partial charge is 0.342 e. The van der Waals surface area contributed by atoms with Gasteiger partial charge >= 0.3 is 0 Å². The lowest BCUT2D eigenvalue weighted by molar-refractivity contribution is 0.0910. The molecular formula is C24H24FN5O. The van der Waals surface area contributed by atoms with Crippen LogP contribution in [0.25, 0.3) is 0 Å². The van der Waals surface area contributed by atoms with Gasteiger partial charge in [-0.3, -0.25) is 9.78 Å². The van der Waals surface area contributed by atoms with Gasteiger partial charge in [0.25, 0.3) is 5.91 Å². The third kappa shape index (κ3) is 3.65. The van der Waals surface area contributed by atoms with E-state index < -0.39 is 5.54 Å². The van der Waals surface area contributed by atoms with E-state index in [-0.39, 0.29) is 11.7 Å². The van der Waals surface area contributed by atoms with Gasteiger partial charge in [0, 0.05) is 24.2 Å². The van der Waals surface area contributed by atoms with Gasteiger partial charge < -0.3 is 10.2 Å². The maximum atomic E-state index is 13.2. The summed E-state index contributed by atoms with van der Waals surface area (Å²) in [6.45, 7) is 6.69. The number of pyridine rings is 1. The molecule has 6 nitrogen and oxygen atoms in total. The zero-order valence-electron chi connectivity index (χ0n) is 17.8. The van der Waals surface area contributed by atoms with E-state index in [9.17, 15) is 9.18 Å². The second-order valence-corrected chi connectivity index (χ2v) is 8.86. The average molecular weight is 417 g/mol. The number of hydrogen-bond donors (Lipinski definition) is 1. The first-order valence-electron chi connectivity index (χ1n) is 10.5. The van der Waals surface area contributed by atoms with E-state index >= 15 is 0 Å². The van der Waals surface area contributed by atoms with Crippen molar-refractivity contribution in [1.82, 2.24) is 20.3 Å². The SMILES string of the molecule is Cc1nccc(N2C[C@H]3CC3c3nc(C(C)(C)NC(=O)c4ccc(F)cc4)ccc32)n1. The van der Waals surface area contributed by atoms with Crippen LogP contribution in [0.2, 0.25) is 0 Å². The Labute approximate surface area is 180 Å². The zero-order chi connectivity index (χ0) is 21.8. The summed E-state index contributed by atoms with van der Waals surface area (Å²) >= 11 is 0. The minimum atomic E-state index is -0.682. The van der Waals surface area contributed by atoms with Gasteiger partial charge in [-0.15, -0.1) is 0 Å². The molecule has 7 heteroatoms. The Bertz CT molecular complexity index is 1160. The van der Waals surface area contributed by atoms with Crippen LogP contribution in [0, 0.1) is 18.7 Å². The topological polar surface area (TPSA) is 71.0 Å². The van der Waals surface area contributed by atoms with E-state index in [1.165, 1.54) is 24.3 Å². The lowest BCUT2D eigenvalue weighted by Crippen LogP contribution is -2.42. The Balaban J connectivity index is 1.44. The van der Waals surface area contributed by atoms with Crippen LogP contribution in [0.3, 0.4) is 0 Å². The van der Waals surface area contributed by atoms with E-state index in [1.54, 1.807) is 6.20 Å². The number of nitrogens with zero attached hydrogens (tertiary/aromatic N) is 4. The van der Waals surface area contributed by atoms with Gasteiger partial charge in [-0.05, 0) is 75.6 Å². The van der Waals surface area contributed by atoms with Crippen molar-refractivity contribution in [3.63, 3.8) is 0 Å². The van der Waals surface area contributed by atoms with Crippen molar-refractivity contribution in [2.45, 2.75) is 38.6 Å². The number of nitrogens with one attached hydrogen (secondary N) is 1. The summed E-state index contributed by atoms with van der Waals surface area (Å²) in [5.74, 6) is 2.03. The highest BCUT2D eigenvalue weighted by Gasteiger charge is 2.47. The molecule has 2 aromatic heterocycles. The number of amides is 1. The lowest BCUT2D eigenvalue weighted by atomic mass is 9.97. The molecule has 1 amide bonds. The summed E-state index contributed by atoms with van der Waals surface area (Å²) < 4.78 is 13.2. The fourth-order valence-electron chi connectivity index (χ4n) is 4.27. The minimum Gasteiger partial charge on any atom is -0.342 e. The molecule has 0 spiro atoms. The molecule has 1 saturated carbocycles. The molecule has 1 aliphatic carbocycles. The Morgan fingerprint density at radius 2 is 1.90 bits per heavy atom. The molecule has 2 atom stereocenters. The monoisotopic (exact) mass is 417 g/mol. The maximum Gasteiger partial charge on any atom is 0.252 e. The van der Waals surface area contributed by atoms with Gasteiger partial charge in [0.15, 0.2) is 0 Å². The van der Waals surface area contributed by atoms with Crippen LogP contribution in [0.5, 0.6) is 0 Å². The molecule has 31 heavy (non-hydrogen) atoms. The Morgan fingerprint density at radius 3 is 2.65 bits per heavy atom. The maximum absolute atomic E-state index is 13.2. The first kappa shape index (κ1) is 19.6. The van der Waals surface area contributed by atoms with Crippen LogP contribution < -0.4 is 10.2 Å². The fraction of sp³-hybridized carbons (Fsp3) is 0.333. The average Bonchev–Trinajstić information content (AvgIpc) is 3.53. The molecule has 0 bridgehead atoms. The number of halogens is 1. The molecule has 5 rings (SSSR count). The Kier molecular flexibility index (Phi) is 4.50. The number of fused-ring (bicyclic) bond motifs is 3. The van der Waals surface area contributed by atoms with Gasteiger partial charge in [-0.25, -0.2) is 14.4 Å². The summed E-state index contributed by atoms with van der Waals surface area (Å²) in [7, 11) is 0. The van der Waals surface area contributed by atoms with Gasteiger partial charge in [0.1, 0.15) is 17.5 Å². The van der Waals surface area contributed by atoms with Crippen LogP contribution in [0.15, 0.2) is 48.7 Å². The number of anilines is 2. The number of carbonyl (C=O) groups excluding carboxylic acids is 1. The van der Waals surface area contributed by atoms with Crippen LogP contribution >= 0.6 is 0 Å². The quantitative estimate of drug-likeness (QED) is 0.688. The molecule has 1 aliphatic heterocycles. The Morgan fingerprint density at radius 1 is 1.13 bits per heavy atom. The van der Waals surface area contributed by atoms with Gasteiger partial charge in [0.05, 0.1) is 22.6 Å². The molecule has 3 heterocycles. The molecule has 1 N–H and O–H groups in total. The van der Waals surface area contributed by atoms with Crippen LogP contribution in [-0.2, 0) is 5.54 Å². The van der Waals surface area contributed by atoms with Crippen LogP contribution in [-0.4, -0.2) is 27.4 Å². The fourth-order valence-corrected chi connectivity index (χ4v) is 4.27. The van der Waals surface area contributed by atoms with Crippen molar-refractivity contribution in [3.8, 4) is 0 Å². The van der Waals surface area contributed by atoms with Crippen molar-refractivity contribution in [1.29, 1.82) is 0 Å². The molecule has 158 valence electrons. The number of hydrogen-bond acceptors (Lipinski definition) is 5. The molecule has 1 aromatic carbocycles. The lowest BCUT2D eigenvalue weighted by Gasteiger charge is -2.32. The van der Waals surface area contributed by atoms with Crippen LogP contribution in [0.4, 0.5) is 15.9 Å². The Hall–Kier alpha value is -3.35. The summed E-state index contributed by atoms with van der Waals surface area (Å²) in [4.78, 5) is 28.7. The third-order valence-electron chi connectivity index (χ3n) is 6.09. The minimum absolute atomic E-state index is 0.257. The molecule has 0 saturated heterocycles. The van der Waals surface area contributed by atoms with Crippen molar-refractivity contribution in [2.24, 2.45) is 5.92 Å². The highest BCUT2D eigenvalue weighted by atomic mass is 19.1. The molecule has 3 aromatic rings. The highest BCUT2D eigenvalue weighted by molar-refractivity contribution is 5.94. The summed E-state index contributed by atoms with van der Waals surface area (Å²) in [5, 5.41) is 3.04. The van der Waals surface area contributed by atoms with E-state index in [0.717, 1.165) is 41.7 Å². The summed E-state index contributed by atoms with van der Waals surface area (Å²) in [6.07, 6.45) is 2.90. The summed E-state index contributed by atoms with van der Waals surface area (Å²) in [5.41, 5.74) is 2.67. The highest BCUT2D eigenvalue weighted by Crippen LogP contribution is 2.55. The summed E-state index contributed by atoms with van der Waals surface area (Å²) in [6, 6.07) is 11.5. The smallest absolute Gasteiger partial charge is 0.252 e. The standard InChI is InChI=1S/C24H24FN5O/c1-14-26-11-10-21(27-14)30-13-16-12-18(16)22-19(30)8-9-20(28-22)24(2,3)29-23(31)15-4-6-17(25)7-5-15/h4-11,16,18H,12-13H2,1-3H3,(H,29,31)/t16-,18?/m1/s1. The number of rotatable bonds is 4. The van der Waals surface area contributed by atoms with E-state index in [1.807, 2.05) is 32.9 Å². The van der Waals surface area contributed by atoms with Crippen molar-refractivity contribution >= 4 is 17.4 Å². The molecular weight excluding hydrogens is 393 g/mol. The van der Waals surface area contributed by atoms with E-state index in [2.05, 4.69) is 26.3 Å². The van der Waals surface area contributed by atoms with Crippen molar-refractivity contribution < 1.29 is 9.18 Å². The molecule has 1 unspecified atom stereocenters.